The highest BCUT2D eigenvalue weighted by Crippen LogP contribution is 2.27. The Labute approximate surface area is 124 Å². The van der Waals surface area contributed by atoms with Gasteiger partial charge in [0.2, 0.25) is 0 Å². The Bertz CT molecular complexity index is 657. The number of amides is 1. The topological polar surface area (TPSA) is 56.0 Å². The van der Waals surface area contributed by atoms with Gasteiger partial charge in [0.1, 0.15) is 5.82 Å². The molecular weight excluding hydrogens is 266 g/mol. The molecule has 21 heavy (non-hydrogen) atoms. The molecule has 0 aliphatic carbocycles. The zero-order valence-corrected chi connectivity index (χ0v) is 12.8. The molecule has 0 bridgehead atoms. The quantitative estimate of drug-likeness (QED) is 0.861. The van der Waals surface area contributed by atoms with Crippen LogP contribution in [0.2, 0.25) is 0 Å². The summed E-state index contributed by atoms with van der Waals surface area (Å²) in [5.74, 6) is 1.48. The zero-order chi connectivity index (χ0) is 15.0. The highest BCUT2D eigenvalue weighted by molar-refractivity contribution is 5.94. The second-order valence-corrected chi connectivity index (χ2v) is 5.67. The van der Waals surface area contributed by atoms with E-state index in [9.17, 15) is 4.79 Å². The number of hydrogen-bond donors (Lipinski definition) is 0. The van der Waals surface area contributed by atoms with Crippen LogP contribution in [0.4, 0.5) is 0 Å². The van der Waals surface area contributed by atoms with E-state index >= 15 is 0 Å². The van der Waals surface area contributed by atoms with Gasteiger partial charge in [0.05, 0.1) is 17.5 Å². The third kappa shape index (κ3) is 2.57. The third-order valence-corrected chi connectivity index (χ3v) is 4.08. The van der Waals surface area contributed by atoms with E-state index in [4.69, 9.17) is 0 Å². The van der Waals surface area contributed by atoms with Gasteiger partial charge in [0, 0.05) is 45.0 Å². The SMILES string of the molecule is CCn1cc(C(=O)N2CC[C@H](c3nc(C)cn3C)C2)cn1. The number of imidazole rings is 1. The first-order chi connectivity index (χ1) is 10.1. The number of rotatable bonds is 3. The molecule has 0 N–H and O–H groups in total. The maximum atomic E-state index is 12.5. The van der Waals surface area contributed by atoms with Gasteiger partial charge in [-0.3, -0.25) is 9.48 Å². The first kappa shape index (κ1) is 13.9. The van der Waals surface area contributed by atoms with Crippen molar-refractivity contribution >= 4 is 5.91 Å². The summed E-state index contributed by atoms with van der Waals surface area (Å²) in [6, 6.07) is 0. The molecule has 112 valence electrons. The number of carbonyl (C=O) groups is 1. The molecule has 3 heterocycles. The third-order valence-electron chi connectivity index (χ3n) is 4.08. The minimum Gasteiger partial charge on any atom is -0.338 e. The number of nitrogens with zero attached hydrogens (tertiary/aromatic N) is 5. The average Bonchev–Trinajstić information content (AvgIpc) is 3.17. The molecule has 2 aromatic heterocycles. The van der Waals surface area contributed by atoms with E-state index in [1.807, 2.05) is 38.2 Å². The molecule has 1 atom stereocenters. The molecule has 1 amide bonds. The van der Waals surface area contributed by atoms with Crippen molar-refractivity contribution in [3.8, 4) is 0 Å². The van der Waals surface area contributed by atoms with E-state index in [0.717, 1.165) is 37.6 Å². The van der Waals surface area contributed by atoms with Gasteiger partial charge in [-0.1, -0.05) is 0 Å². The van der Waals surface area contributed by atoms with Gasteiger partial charge in [-0.15, -0.1) is 0 Å². The smallest absolute Gasteiger partial charge is 0.257 e. The molecule has 2 aromatic rings. The monoisotopic (exact) mass is 287 g/mol. The van der Waals surface area contributed by atoms with Crippen LogP contribution in [0.15, 0.2) is 18.6 Å². The van der Waals surface area contributed by atoms with E-state index in [1.54, 1.807) is 10.9 Å². The molecule has 0 radical (unpaired) electrons. The van der Waals surface area contributed by atoms with Gasteiger partial charge < -0.3 is 9.47 Å². The fourth-order valence-corrected chi connectivity index (χ4v) is 3.00. The number of likely N-dealkylation sites (tertiary alicyclic amines) is 1. The van der Waals surface area contributed by atoms with Crippen LogP contribution in [0.5, 0.6) is 0 Å². The Balaban J connectivity index is 1.72. The Morgan fingerprint density at radius 2 is 2.24 bits per heavy atom. The maximum Gasteiger partial charge on any atom is 0.257 e. The number of aryl methyl sites for hydroxylation is 3. The van der Waals surface area contributed by atoms with Crippen LogP contribution in [0.1, 0.15) is 41.1 Å². The van der Waals surface area contributed by atoms with Crippen LogP contribution in [0, 0.1) is 6.92 Å². The van der Waals surface area contributed by atoms with Crippen molar-refractivity contribution in [1.82, 2.24) is 24.2 Å². The van der Waals surface area contributed by atoms with E-state index in [0.29, 0.717) is 11.5 Å². The van der Waals surface area contributed by atoms with Crippen LogP contribution in [0.3, 0.4) is 0 Å². The molecule has 1 saturated heterocycles. The highest BCUT2D eigenvalue weighted by Gasteiger charge is 2.30. The van der Waals surface area contributed by atoms with E-state index in [1.165, 1.54) is 0 Å². The number of hydrogen-bond acceptors (Lipinski definition) is 3. The van der Waals surface area contributed by atoms with Crippen LogP contribution in [0.25, 0.3) is 0 Å². The Morgan fingerprint density at radius 3 is 2.86 bits per heavy atom. The molecule has 0 spiro atoms. The lowest BCUT2D eigenvalue weighted by atomic mass is 10.1. The van der Waals surface area contributed by atoms with Crippen molar-refractivity contribution in [3.63, 3.8) is 0 Å². The van der Waals surface area contributed by atoms with Crippen molar-refractivity contribution in [2.45, 2.75) is 32.7 Å². The Hall–Kier alpha value is -2.11. The summed E-state index contributed by atoms with van der Waals surface area (Å²) in [4.78, 5) is 19.0. The average molecular weight is 287 g/mol. The largest absolute Gasteiger partial charge is 0.338 e. The number of carbonyl (C=O) groups excluding carboxylic acids is 1. The Morgan fingerprint density at radius 1 is 1.43 bits per heavy atom. The van der Waals surface area contributed by atoms with Gasteiger partial charge in [-0.2, -0.15) is 5.10 Å². The van der Waals surface area contributed by atoms with Crippen LogP contribution in [-0.4, -0.2) is 43.2 Å². The zero-order valence-electron chi connectivity index (χ0n) is 12.8. The molecule has 1 aliphatic heterocycles. The predicted molar refractivity (Wildman–Crippen MR) is 79.1 cm³/mol. The fraction of sp³-hybridized carbons (Fsp3) is 0.533. The van der Waals surface area contributed by atoms with Gasteiger partial charge in [-0.05, 0) is 20.3 Å². The molecule has 0 saturated carbocycles. The van der Waals surface area contributed by atoms with Crippen molar-refractivity contribution in [2.24, 2.45) is 7.05 Å². The minimum absolute atomic E-state index is 0.0723. The van der Waals surface area contributed by atoms with Crippen LogP contribution < -0.4 is 0 Å². The molecule has 6 nitrogen and oxygen atoms in total. The molecule has 0 unspecified atom stereocenters. The maximum absolute atomic E-state index is 12.5. The summed E-state index contributed by atoms with van der Waals surface area (Å²) in [7, 11) is 2.02. The van der Waals surface area contributed by atoms with Crippen LogP contribution in [-0.2, 0) is 13.6 Å². The summed E-state index contributed by atoms with van der Waals surface area (Å²) in [5.41, 5.74) is 1.70. The molecule has 6 heteroatoms. The molecule has 1 fully saturated rings. The van der Waals surface area contributed by atoms with Gasteiger partial charge >= 0.3 is 0 Å². The lowest BCUT2D eigenvalue weighted by Gasteiger charge is -2.15. The minimum atomic E-state index is 0.0723. The molecule has 0 aromatic carbocycles. The van der Waals surface area contributed by atoms with Gasteiger partial charge in [-0.25, -0.2) is 4.98 Å². The second-order valence-electron chi connectivity index (χ2n) is 5.67. The summed E-state index contributed by atoms with van der Waals surface area (Å²) in [6.07, 6.45) is 6.48. The normalized spacial score (nSPS) is 18.4. The molecule has 1 aliphatic rings. The lowest BCUT2D eigenvalue weighted by molar-refractivity contribution is 0.0790. The van der Waals surface area contributed by atoms with Gasteiger partial charge in [0.15, 0.2) is 0 Å². The van der Waals surface area contributed by atoms with Gasteiger partial charge in [0.25, 0.3) is 5.91 Å². The van der Waals surface area contributed by atoms with E-state index < -0.39 is 0 Å². The first-order valence-corrected chi connectivity index (χ1v) is 7.40. The summed E-state index contributed by atoms with van der Waals surface area (Å²) in [5, 5.41) is 4.17. The predicted octanol–water partition coefficient (Wildman–Crippen LogP) is 1.57. The highest BCUT2D eigenvalue weighted by atomic mass is 16.2. The Kier molecular flexibility index (Phi) is 3.53. The second kappa shape index (κ2) is 5.35. The molecule has 3 rings (SSSR count). The fourth-order valence-electron chi connectivity index (χ4n) is 3.00. The van der Waals surface area contributed by atoms with Crippen molar-refractivity contribution in [1.29, 1.82) is 0 Å². The summed E-state index contributed by atoms with van der Waals surface area (Å²) < 4.78 is 3.85. The van der Waals surface area contributed by atoms with E-state index in [-0.39, 0.29) is 5.91 Å². The van der Waals surface area contributed by atoms with Crippen molar-refractivity contribution in [2.75, 3.05) is 13.1 Å². The van der Waals surface area contributed by atoms with Crippen LogP contribution >= 0.6 is 0 Å². The standard InChI is InChI=1S/C15H21N5O/c1-4-20-10-13(7-16-20)15(21)19-6-5-12(9-19)14-17-11(2)8-18(14)3/h7-8,10,12H,4-6,9H2,1-3H3/t12-/m0/s1. The lowest BCUT2D eigenvalue weighted by Crippen LogP contribution is -2.28. The summed E-state index contributed by atoms with van der Waals surface area (Å²) in [6.45, 7) is 6.31. The number of aromatic nitrogens is 4. The van der Waals surface area contributed by atoms with Crippen molar-refractivity contribution in [3.05, 3.63) is 35.7 Å². The van der Waals surface area contributed by atoms with Crippen molar-refractivity contribution < 1.29 is 4.79 Å². The summed E-state index contributed by atoms with van der Waals surface area (Å²) >= 11 is 0. The first-order valence-electron chi connectivity index (χ1n) is 7.40. The molecular formula is C15H21N5O. The van der Waals surface area contributed by atoms with E-state index in [2.05, 4.69) is 14.6 Å².